The van der Waals surface area contributed by atoms with Crippen LogP contribution in [0, 0.1) is 50.2 Å². The van der Waals surface area contributed by atoms with Crippen LogP contribution in [0.4, 0.5) is 0 Å². The highest BCUT2D eigenvalue weighted by Gasteiger charge is 2.71. The zero-order valence-corrected chi connectivity index (χ0v) is 74.0. The van der Waals surface area contributed by atoms with Gasteiger partial charge in [0.15, 0.2) is 61.6 Å². The standard InChI is InChI=1S/C87H134O42/c1-34-51(93)57(99)63(105)75(116-34)125-68-43(29-89)119-73(65(107)60(68)102)114-32-45-55(97)58(100)64(106)77(122-45)129-81(110)87-24-22-82(3,4)27-38(87)37-14-16-48-84(7)20-19-49(83(5,6)47(84)18-21-86(48,9)85(37,8)23-25-87)123-79-71(53(95)39(91)31-113-79)128-78-67(109)70(52(94)35(2)117-78)127-74-62(104)56(98)46(33-115-74)121-76-66(108)61(103)69(44(30-90)120-76)126-80-72(59(101)54(96)42(28-88)118-80)124-50(92)17-13-36-12-15-40(111-10)41(26-36)112-11/h12-15,17,26,34-35,38-39,42-49,51-80,88-91,93-109H,16,18-25,27-33H2,1-11H3/b17-13+/t34-,35-,38-,39-,42+,43+,44+,45+,46+,47-,48+,49-,51-,52-,53-,54+,55+,56+,57+,58-,59-,60+,61+,62+,63+,64+,65+,66+,67+,68+,69+,70+,71+,72+,73+,74-,75-,76-,77-,78-,79-,80-,84-,85+,86+,87-/m0/s1. The van der Waals surface area contributed by atoms with E-state index in [4.69, 9.17) is 90.0 Å². The molecule has 42 heteroatoms. The summed E-state index contributed by atoms with van der Waals surface area (Å²) >= 11 is 0. The lowest BCUT2D eigenvalue weighted by molar-refractivity contribution is -0.386. The van der Waals surface area contributed by atoms with E-state index < -0.39 is 301 Å². The van der Waals surface area contributed by atoms with E-state index in [1.54, 1.807) is 18.2 Å². The minimum atomic E-state index is -2.10. The van der Waals surface area contributed by atoms with E-state index in [2.05, 4.69) is 54.5 Å². The largest absolute Gasteiger partial charge is 0.493 e. The highest BCUT2D eigenvalue weighted by molar-refractivity contribution is 5.87. The van der Waals surface area contributed by atoms with E-state index in [-0.39, 0.29) is 40.6 Å². The van der Waals surface area contributed by atoms with E-state index in [1.165, 1.54) is 34.1 Å². The second kappa shape index (κ2) is 39.7. The van der Waals surface area contributed by atoms with Gasteiger partial charge in [-0.25, -0.2) is 4.79 Å². The van der Waals surface area contributed by atoms with Gasteiger partial charge in [0, 0.05) is 6.08 Å². The lowest BCUT2D eigenvalue weighted by atomic mass is 9.33. The summed E-state index contributed by atoms with van der Waals surface area (Å²) in [5.41, 5.74) is -1.42. The molecule has 13 aliphatic rings. The first-order valence-electron chi connectivity index (χ1n) is 44.7. The van der Waals surface area contributed by atoms with Crippen LogP contribution in [-0.2, 0) is 90.1 Å². The van der Waals surface area contributed by atoms with Gasteiger partial charge in [-0.2, -0.15) is 0 Å². The van der Waals surface area contributed by atoms with Crippen LogP contribution in [0.15, 0.2) is 35.9 Å². The number of methoxy groups -OCH3 is 2. The third kappa shape index (κ3) is 18.9. The first-order chi connectivity index (χ1) is 60.9. The van der Waals surface area contributed by atoms with E-state index in [1.807, 2.05) is 0 Å². The highest BCUT2D eigenvalue weighted by Crippen LogP contribution is 2.76. The predicted molar refractivity (Wildman–Crippen MR) is 431 cm³/mol. The molecule has 14 rings (SSSR count). The second-order valence-corrected chi connectivity index (χ2v) is 39.5. The molecule has 8 heterocycles. The van der Waals surface area contributed by atoms with Crippen molar-refractivity contribution in [3.63, 3.8) is 0 Å². The summed E-state index contributed by atoms with van der Waals surface area (Å²) < 4.78 is 112. The summed E-state index contributed by atoms with van der Waals surface area (Å²) in [6.45, 7) is 14.1. The highest BCUT2D eigenvalue weighted by atomic mass is 16.8. The number of hydrogen-bond acceptors (Lipinski definition) is 42. The van der Waals surface area contributed by atoms with Crippen LogP contribution in [0.5, 0.6) is 11.5 Å². The molecule has 12 fully saturated rings. The molecule has 8 saturated heterocycles. The molecule has 8 aliphatic heterocycles. The Balaban J connectivity index is 0.593. The van der Waals surface area contributed by atoms with Crippen molar-refractivity contribution in [2.75, 3.05) is 53.9 Å². The Kier molecular flexibility index (Phi) is 31.0. The minimum absolute atomic E-state index is 0.0266. The molecular formula is C87H134O42. The number of rotatable bonds is 25. The van der Waals surface area contributed by atoms with Gasteiger partial charge in [-0.1, -0.05) is 66.2 Å². The van der Waals surface area contributed by atoms with E-state index >= 15 is 4.79 Å². The van der Waals surface area contributed by atoms with Crippen molar-refractivity contribution in [2.24, 2.45) is 50.2 Å². The quantitative estimate of drug-likeness (QED) is 0.0188. The zero-order chi connectivity index (χ0) is 93.7. The van der Waals surface area contributed by atoms with Crippen LogP contribution in [0.25, 0.3) is 6.08 Å². The molecule has 734 valence electrons. The molecule has 129 heavy (non-hydrogen) atoms. The van der Waals surface area contributed by atoms with Crippen molar-refractivity contribution in [1.82, 2.24) is 0 Å². The molecule has 42 nitrogen and oxygen atoms in total. The Morgan fingerprint density at radius 2 is 0.992 bits per heavy atom. The monoisotopic (exact) mass is 1850 g/mol. The fourth-order valence-corrected chi connectivity index (χ4v) is 23.1. The van der Waals surface area contributed by atoms with Gasteiger partial charge in [0.2, 0.25) is 6.29 Å². The molecule has 1 aromatic carbocycles. The van der Waals surface area contributed by atoms with Crippen molar-refractivity contribution in [1.29, 1.82) is 0 Å². The van der Waals surface area contributed by atoms with Crippen molar-refractivity contribution in [3.05, 3.63) is 41.5 Å². The van der Waals surface area contributed by atoms with Crippen molar-refractivity contribution < 1.29 is 207 Å². The summed E-state index contributed by atoms with van der Waals surface area (Å²) in [6, 6.07) is 4.74. The van der Waals surface area contributed by atoms with Gasteiger partial charge < -0.3 is 197 Å². The number of allylic oxidation sites excluding steroid dienone is 2. The minimum Gasteiger partial charge on any atom is -0.493 e. The van der Waals surface area contributed by atoms with Crippen LogP contribution in [0.3, 0.4) is 0 Å². The van der Waals surface area contributed by atoms with Crippen LogP contribution >= 0.6 is 0 Å². The summed E-state index contributed by atoms with van der Waals surface area (Å²) in [4.78, 5) is 28.7. The first-order valence-corrected chi connectivity index (χ1v) is 44.7. The molecule has 0 unspecified atom stereocenters. The number of aliphatic hydroxyl groups is 21. The number of ether oxygens (including phenoxy) is 19. The molecule has 1 aromatic rings. The first kappa shape index (κ1) is 101. The number of benzene rings is 1. The normalized spacial score (nSPS) is 49.9. The topological polar surface area (TPSA) is 634 Å². The molecule has 0 radical (unpaired) electrons. The maximum atomic E-state index is 15.4. The van der Waals surface area contributed by atoms with E-state index in [0.29, 0.717) is 68.4 Å². The van der Waals surface area contributed by atoms with E-state index in [0.717, 1.165) is 24.5 Å². The third-order valence-corrected chi connectivity index (χ3v) is 31.1. The van der Waals surface area contributed by atoms with Crippen molar-refractivity contribution in [2.45, 2.75) is 366 Å². The molecule has 0 bridgehead atoms. The van der Waals surface area contributed by atoms with Crippen molar-refractivity contribution in [3.8, 4) is 11.5 Å². The number of carbonyl (C=O) groups excluding carboxylic acids is 2. The zero-order valence-electron chi connectivity index (χ0n) is 74.0. The maximum Gasteiger partial charge on any atom is 0.331 e. The molecule has 46 atom stereocenters. The number of hydrogen-bond donors (Lipinski definition) is 21. The Hall–Kier alpha value is -4.20. The predicted octanol–water partition coefficient (Wildman–Crippen LogP) is -5.12. The SMILES string of the molecule is COc1ccc(/C=C/C(=O)O[C@H]2[C@H](O[C@H]3[C@H](O)[C@@H](O)[C@H](O[C@@H]4CO[C@@H](O[C@@H]5[C@@H](O)[C@H](C)O[C@@H](O[C@H]6[C@H](O[C@H]7CC[C@]8(C)[C@H]9CC=C%10[C@@H]%11CC(C)(C)CC[C@]%11(C(=O)O[C@@H]%11O[C@H](CO[C@@H]%12O[C@H](CO)[C@@H](O[C@@H]%13O[C@@H](C)[C@H](O)[C@@H](O)[C@H]%13O)[C@H](O)[C@H]%12O)[C@@H](O)[C@H](O)[C@H]%11O)CC[C@@]%10(C)[C@]9(C)CC[C@H]8C7(C)C)OC[C@H](O)[C@@H]6O)[C@@H]5O)[C@H](O)[C@@H]4O)O[C@@H]3CO)O[C@H](CO)[C@@H](O)[C@@H]2O)cc1OC. The molecule has 21 N–H and O–H groups in total. The number of aliphatic hydroxyl groups excluding tert-OH is 21. The Morgan fingerprint density at radius 1 is 0.450 bits per heavy atom. The summed E-state index contributed by atoms with van der Waals surface area (Å²) in [5.74, 6) is -1.19. The summed E-state index contributed by atoms with van der Waals surface area (Å²) in [7, 11) is 2.85. The van der Waals surface area contributed by atoms with Crippen LogP contribution in [0.2, 0.25) is 0 Å². The van der Waals surface area contributed by atoms with Gasteiger partial charge in [0.05, 0.1) is 77.6 Å². The fourth-order valence-electron chi connectivity index (χ4n) is 23.1. The van der Waals surface area contributed by atoms with Crippen LogP contribution in [-0.4, -0.2) is 413 Å². The average Bonchev–Trinajstić information content (AvgIpc) is 0.672. The van der Waals surface area contributed by atoms with Gasteiger partial charge in [-0.05, 0) is 147 Å². The van der Waals surface area contributed by atoms with Crippen LogP contribution < -0.4 is 9.47 Å². The number of esters is 2. The smallest absolute Gasteiger partial charge is 0.331 e. The second-order valence-electron chi connectivity index (χ2n) is 39.5. The van der Waals surface area contributed by atoms with Gasteiger partial charge in [0.1, 0.15) is 165 Å². The van der Waals surface area contributed by atoms with Gasteiger partial charge in [-0.15, -0.1) is 0 Å². The van der Waals surface area contributed by atoms with Crippen LogP contribution in [0.1, 0.15) is 132 Å². The third-order valence-electron chi connectivity index (χ3n) is 31.1. The maximum absolute atomic E-state index is 15.4. The van der Waals surface area contributed by atoms with Gasteiger partial charge >= 0.3 is 11.9 Å². The van der Waals surface area contributed by atoms with E-state index in [9.17, 15) is 112 Å². The summed E-state index contributed by atoms with van der Waals surface area (Å²) in [6.07, 6.45) is -55.8. The number of fused-ring (bicyclic) bond motifs is 7. The lowest BCUT2D eigenvalue weighted by Crippen LogP contribution is -2.67. The summed E-state index contributed by atoms with van der Waals surface area (Å²) in [5, 5.41) is 234. The van der Waals surface area contributed by atoms with Crippen molar-refractivity contribution >= 4 is 18.0 Å². The molecule has 0 amide bonds. The average molecular weight is 1850 g/mol. The molecule has 0 aromatic heterocycles. The fraction of sp³-hybridized carbons (Fsp3) is 0.862. The number of carbonyl (C=O) groups is 2. The Labute approximate surface area is 745 Å². The Bertz CT molecular complexity index is 3990. The van der Waals surface area contributed by atoms with Gasteiger partial charge in [-0.3, -0.25) is 4.79 Å². The molecule has 4 saturated carbocycles. The molecule has 0 spiro atoms. The lowest BCUT2D eigenvalue weighted by Gasteiger charge is -2.71. The molecular weight excluding hydrogens is 1720 g/mol. The molecule has 5 aliphatic carbocycles. The Morgan fingerprint density at radius 3 is 1.66 bits per heavy atom. The van der Waals surface area contributed by atoms with Gasteiger partial charge in [0.25, 0.3) is 0 Å².